The number of Topliss-reactive ketones (excluding diaryl/α,β-unsaturated/α-hetero) is 1. The standard InChI is InChI=1S/C14H21N3OS/c1-2-10(18)13-12(16)11(8-3-4-8)14(19-13)17-6-5-9(15)7-17/h8-9H,2-7,15-16H2,1H3. The van der Waals surface area contributed by atoms with Crippen molar-refractivity contribution >= 4 is 27.8 Å². The maximum atomic E-state index is 12.0. The second-order valence-electron chi connectivity index (χ2n) is 5.61. The van der Waals surface area contributed by atoms with Crippen LogP contribution in [0.2, 0.25) is 0 Å². The molecular formula is C14H21N3OS. The van der Waals surface area contributed by atoms with E-state index < -0.39 is 0 Å². The summed E-state index contributed by atoms with van der Waals surface area (Å²) in [6, 6.07) is 0.251. The number of carbonyl (C=O) groups is 1. The molecule has 0 radical (unpaired) electrons. The van der Waals surface area contributed by atoms with Gasteiger partial charge in [-0.25, -0.2) is 0 Å². The first-order valence-corrected chi connectivity index (χ1v) is 7.89. The number of nitrogens with two attached hydrogens (primary N) is 2. The molecule has 1 atom stereocenters. The van der Waals surface area contributed by atoms with Gasteiger partial charge in [-0.3, -0.25) is 4.79 Å². The summed E-state index contributed by atoms with van der Waals surface area (Å²) in [5.74, 6) is 0.737. The number of hydrogen-bond donors (Lipinski definition) is 2. The number of hydrogen-bond acceptors (Lipinski definition) is 5. The first-order valence-electron chi connectivity index (χ1n) is 7.07. The summed E-state index contributed by atoms with van der Waals surface area (Å²) < 4.78 is 0. The van der Waals surface area contributed by atoms with Crippen molar-refractivity contribution in [2.24, 2.45) is 5.73 Å². The second-order valence-corrected chi connectivity index (χ2v) is 6.61. The summed E-state index contributed by atoms with van der Waals surface area (Å²) in [5, 5.41) is 1.21. The number of carbonyl (C=O) groups excluding carboxylic acids is 1. The van der Waals surface area contributed by atoms with E-state index in [0.717, 1.165) is 30.1 Å². The highest BCUT2D eigenvalue weighted by molar-refractivity contribution is 7.19. The molecule has 5 heteroatoms. The zero-order valence-electron chi connectivity index (χ0n) is 11.3. The van der Waals surface area contributed by atoms with Crippen LogP contribution < -0.4 is 16.4 Å². The molecule has 1 unspecified atom stereocenters. The number of nitrogens with zero attached hydrogens (tertiary/aromatic N) is 1. The maximum Gasteiger partial charge on any atom is 0.174 e. The van der Waals surface area contributed by atoms with E-state index in [1.807, 2.05) is 6.92 Å². The monoisotopic (exact) mass is 279 g/mol. The second kappa shape index (κ2) is 4.80. The van der Waals surface area contributed by atoms with E-state index in [1.165, 1.54) is 23.4 Å². The molecule has 19 heavy (non-hydrogen) atoms. The lowest BCUT2D eigenvalue weighted by atomic mass is 10.1. The largest absolute Gasteiger partial charge is 0.397 e. The Kier molecular flexibility index (Phi) is 3.27. The third-order valence-corrected chi connectivity index (χ3v) is 5.36. The molecule has 1 saturated carbocycles. The van der Waals surface area contributed by atoms with Crippen LogP contribution in [0.15, 0.2) is 0 Å². The Morgan fingerprint density at radius 1 is 1.42 bits per heavy atom. The van der Waals surface area contributed by atoms with Crippen molar-refractivity contribution in [2.45, 2.75) is 44.6 Å². The third-order valence-electron chi connectivity index (χ3n) is 4.04. The molecule has 1 aromatic rings. The molecule has 2 aliphatic rings. The highest BCUT2D eigenvalue weighted by atomic mass is 32.1. The van der Waals surface area contributed by atoms with Crippen LogP contribution in [-0.4, -0.2) is 24.9 Å². The lowest BCUT2D eigenvalue weighted by Gasteiger charge is -2.18. The minimum absolute atomic E-state index is 0.166. The Labute approximate surface area is 117 Å². The average molecular weight is 279 g/mol. The topological polar surface area (TPSA) is 72.3 Å². The van der Waals surface area contributed by atoms with Gasteiger partial charge in [-0.1, -0.05) is 6.92 Å². The molecular weight excluding hydrogens is 258 g/mol. The van der Waals surface area contributed by atoms with Gasteiger partial charge < -0.3 is 16.4 Å². The van der Waals surface area contributed by atoms with Crippen molar-refractivity contribution in [3.05, 3.63) is 10.4 Å². The minimum atomic E-state index is 0.166. The summed E-state index contributed by atoms with van der Waals surface area (Å²) in [6.07, 6.45) is 3.95. The fourth-order valence-electron chi connectivity index (χ4n) is 2.79. The molecule has 4 N–H and O–H groups in total. The van der Waals surface area contributed by atoms with Gasteiger partial charge in [0.25, 0.3) is 0 Å². The van der Waals surface area contributed by atoms with Gasteiger partial charge in [0, 0.05) is 31.1 Å². The van der Waals surface area contributed by atoms with Crippen molar-refractivity contribution in [2.75, 3.05) is 23.7 Å². The molecule has 0 bridgehead atoms. The lowest BCUT2D eigenvalue weighted by Crippen LogP contribution is -2.26. The van der Waals surface area contributed by atoms with Gasteiger partial charge in [-0.15, -0.1) is 11.3 Å². The first kappa shape index (κ1) is 12.9. The van der Waals surface area contributed by atoms with Crippen molar-refractivity contribution in [1.82, 2.24) is 0 Å². The minimum Gasteiger partial charge on any atom is -0.397 e. The van der Waals surface area contributed by atoms with Crippen molar-refractivity contribution < 1.29 is 4.79 Å². The summed E-state index contributed by atoms with van der Waals surface area (Å²) in [6.45, 7) is 3.77. The van der Waals surface area contributed by atoms with Crippen LogP contribution in [0.4, 0.5) is 10.7 Å². The highest BCUT2D eigenvalue weighted by Crippen LogP contribution is 2.52. The van der Waals surface area contributed by atoms with Crippen LogP contribution >= 0.6 is 11.3 Å². The van der Waals surface area contributed by atoms with E-state index >= 15 is 0 Å². The van der Waals surface area contributed by atoms with Gasteiger partial charge in [0.05, 0.1) is 15.6 Å². The Bertz CT molecular complexity index is 507. The molecule has 1 aliphatic carbocycles. The molecule has 3 rings (SSSR count). The van der Waals surface area contributed by atoms with E-state index in [4.69, 9.17) is 11.5 Å². The van der Waals surface area contributed by atoms with E-state index in [1.54, 1.807) is 11.3 Å². The highest BCUT2D eigenvalue weighted by Gasteiger charge is 2.35. The Hall–Kier alpha value is -1.07. The quantitative estimate of drug-likeness (QED) is 0.830. The van der Waals surface area contributed by atoms with Crippen LogP contribution in [0.25, 0.3) is 0 Å². The van der Waals surface area contributed by atoms with Crippen LogP contribution in [0.3, 0.4) is 0 Å². The Balaban J connectivity index is 2.00. The molecule has 4 nitrogen and oxygen atoms in total. The average Bonchev–Trinajstić information content (AvgIpc) is 3.05. The zero-order chi connectivity index (χ0) is 13.6. The normalized spacial score (nSPS) is 23.1. The summed E-state index contributed by atoms with van der Waals surface area (Å²) >= 11 is 1.58. The van der Waals surface area contributed by atoms with Gasteiger partial charge in [0.15, 0.2) is 5.78 Å². The smallest absolute Gasteiger partial charge is 0.174 e. The molecule has 0 amide bonds. The molecule has 1 aliphatic heterocycles. The van der Waals surface area contributed by atoms with Crippen LogP contribution in [0.5, 0.6) is 0 Å². The van der Waals surface area contributed by atoms with Crippen molar-refractivity contribution in [3.8, 4) is 0 Å². The van der Waals surface area contributed by atoms with E-state index in [9.17, 15) is 4.79 Å². The molecule has 1 saturated heterocycles. The molecule has 2 fully saturated rings. The fourth-order valence-corrected chi connectivity index (χ4v) is 4.14. The Morgan fingerprint density at radius 3 is 2.68 bits per heavy atom. The molecule has 0 spiro atoms. The van der Waals surface area contributed by atoms with E-state index in [0.29, 0.717) is 12.3 Å². The molecule has 2 heterocycles. The first-order chi connectivity index (χ1) is 9.11. The molecule has 104 valence electrons. The molecule has 0 aromatic carbocycles. The predicted molar refractivity (Wildman–Crippen MR) is 80.1 cm³/mol. The number of ketones is 1. The maximum absolute atomic E-state index is 12.0. The number of anilines is 2. The van der Waals surface area contributed by atoms with Crippen molar-refractivity contribution in [3.63, 3.8) is 0 Å². The summed E-state index contributed by atoms with van der Waals surface area (Å²) in [7, 11) is 0. The number of nitrogen functional groups attached to an aromatic ring is 1. The van der Waals surface area contributed by atoms with Crippen LogP contribution in [0, 0.1) is 0 Å². The summed E-state index contributed by atoms with van der Waals surface area (Å²) in [5.41, 5.74) is 14.2. The predicted octanol–water partition coefficient (Wildman–Crippen LogP) is 2.34. The van der Waals surface area contributed by atoms with Gasteiger partial charge in [-0.2, -0.15) is 0 Å². The van der Waals surface area contributed by atoms with Crippen LogP contribution in [-0.2, 0) is 0 Å². The zero-order valence-corrected chi connectivity index (χ0v) is 12.1. The van der Waals surface area contributed by atoms with Crippen molar-refractivity contribution in [1.29, 1.82) is 0 Å². The number of thiophene rings is 1. The third kappa shape index (κ3) is 2.25. The number of rotatable bonds is 4. The SMILES string of the molecule is CCC(=O)c1sc(N2CCC(N)C2)c(C2CC2)c1N. The van der Waals surface area contributed by atoms with E-state index in [2.05, 4.69) is 4.90 Å². The van der Waals surface area contributed by atoms with Crippen LogP contribution in [0.1, 0.15) is 53.8 Å². The van der Waals surface area contributed by atoms with Gasteiger partial charge in [0.2, 0.25) is 0 Å². The molecule has 1 aromatic heterocycles. The van der Waals surface area contributed by atoms with Gasteiger partial charge >= 0.3 is 0 Å². The Morgan fingerprint density at radius 2 is 2.16 bits per heavy atom. The summed E-state index contributed by atoms with van der Waals surface area (Å²) in [4.78, 5) is 15.1. The lowest BCUT2D eigenvalue weighted by molar-refractivity contribution is 0.0993. The fraction of sp³-hybridized carbons (Fsp3) is 0.643. The van der Waals surface area contributed by atoms with Gasteiger partial charge in [0.1, 0.15) is 0 Å². The van der Waals surface area contributed by atoms with Gasteiger partial charge in [-0.05, 0) is 25.2 Å². The van der Waals surface area contributed by atoms with E-state index in [-0.39, 0.29) is 11.8 Å².